The van der Waals surface area contributed by atoms with E-state index in [0.29, 0.717) is 17.2 Å². The van der Waals surface area contributed by atoms with Crippen LogP contribution in [0, 0.1) is 0 Å². The second-order valence-electron chi connectivity index (χ2n) is 6.47. The molecular formula is C21H21NO4. The summed E-state index contributed by atoms with van der Waals surface area (Å²) in [5, 5.41) is 3.80. The number of fused-ring (bicyclic) bond motifs is 1. The maximum absolute atomic E-state index is 12.4. The molecule has 3 aromatic rings. The Kier molecular flexibility index (Phi) is 5.07. The third-order valence-electron chi connectivity index (χ3n) is 4.29. The zero-order chi connectivity index (χ0) is 18.7. The molecule has 0 unspecified atom stereocenters. The van der Waals surface area contributed by atoms with Gasteiger partial charge in [-0.25, -0.2) is 4.79 Å². The van der Waals surface area contributed by atoms with Crippen LogP contribution in [0.5, 0.6) is 0 Å². The summed E-state index contributed by atoms with van der Waals surface area (Å²) in [6, 6.07) is 12.6. The summed E-state index contributed by atoms with van der Waals surface area (Å²) in [5.41, 5.74) is 3.90. The fraction of sp³-hybridized carbons (Fsp3) is 0.238. The topological polar surface area (TPSA) is 68.5 Å². The van der Waals surface area contributed by atoms with Crippen LogP contribution in [0.15, 0.2) is 53.1 Å². The van der Waals surface area contributed by atoms with Crippen molar-refractivity contribution in [2.45, 2.75) is 26.2 Å². The van der Waals surface area contributed by atoms with E-state index in [1.165, 1.54) is 12.7 Å². The second kappa shape index (κ2) is 7.44. The number of benzene rings is 2. The van der Waals surface area contributed by atoms with Crippen molar-refractivity contribution >= 4 is 28.5 Å². The third kappa shape index (κ3) is 3.77. The Morgan fingerprint density at radius 2 is 1.85 bits per heavy atom. The summed E-state index contributed by atoms with van der Waals surface area (Å²) in [6.07, 6.45) is 1.85. The lowest BCUT2D eigenvalue weighted by Crippen LogP contribution is -2.14. The molecule has 1 heterocycles. The minimum absolute atomic E-state index is 0.145. The minimum atomic E-state index is -0.409. The molecule has 2 aromatic carbocycles. The molecule has 0 saturated heterocycles. The van der Waals surface area contributed by atoms with Crippen LogP contribution in [0.4, 0.5) is 5.69 Å². The van der Waals surface area contributed by atoms with Crippen molar-refractivity contribution < 1.29 is 18.7 Å². The number of carbonyl (C=O) groups is 2. The van der Waals surface area contributed by atoms with Gasteiger partial charge in [0.15, 0.2) is 0 Å². The molecule has 1 aromatic heterocycles. The highest BCUT2D eigenvalue weighted by Crippen LogP contribution is 2.26. The molecule has 5 nitrogen and oxygen atoms in total. The molecule has 1 amide bonds. The largest absolute Gasteiger partial charge is 0.465 e. The highest BCUT2D eigenvalue weighted by Gasteiger charge is 2.13. The van der Waals surface area contributed by atoms with Gasteiger partial charge in [0, 0.05) is 16.6 Å². The van der Waals surface area contributed by atoms with Gasteiger partial charge in [0.05, 0.1) is 25.4 Å². The summed E-state index contributed by atoms with van der Waals surface area (Å²) in [6.45, 7) is 4.26. The Bertz CT molecular complexity index is 938. The van der Waals surface area contributed by atoms with Crippen LogP contribution in [0.1, 0.15) is 41.3 Å². The predicted octanol–water partition coefficient (Wildman–Crippen LogP) is 4.52. The molecule has 0 atom stereocenters. The van der Waals surface area contributed by atoms with Gasteiger partial charge in [-0.1, -0.05) is 19.9 Å². The zero-order valence-electron chi connectivity index (χ0n) is 15.0. The zero-order valence-corrected chi connectivity index (χ0v) is 15.0. The summed E-state index contributed by atoms with van der Waals surface area (Å²) in [4.78, 5) is 23.8. The quantitative estimate of drug-likeness (QED) is 0.686. The van der Waals surface area contributed by atoms with Gasteiger partial charge in [-0.2, -0.15) is 0 Å². The van der Waals surface area contributed by atoms with Crippen LogP contribution in [0.25, 0.3) is 11.0 Å². The Labute approximate surface area is 152 Å². The average Bonchev–Trinajstić information content (AvgIpc) is 3.03. The highest BCUT2D eigenvalue weighted by atomic mass is 16.5. The number of rotatable bonds is 5. The van der Waals surface area contributed by atoms with Crippen LogP contribution >= 0.6 is 0 Å². The monoisotopic (exact) mass is 351 g/mol. The van der Waals surface area contributed by atoms with E-state index in [1.807, 2.05) is 12.1 Å². The average molecular weight is 351 g/mol. The van der Waals surface area contributed by atoms with Gasteiger partial charge in [-0.15, -0.1) is 0 Å². The molecule has 1 N–H and O–H groups in total. The minimum Gasteiger partial charge on any atom is -0.465 e. The number of furan rings is 1. The molecule has 0 aliphatic carbocycles. The maximum atomic E-state index is 12.4. The number of nitrogens with one attached hydrogen (secondary N) is 1. The normalized spacial score (nSPS) is 10.9. The number of carbonyl (C=O) groups excluding carboxylic acids is 2. The molecule has 0 spiro atoms. The molecule has 0 fully saturated rings. The first kappa shape index (κ1) is 17.7. The molecular weight excluding hydrogens is 330 g/mol. The number of esters is 1. The molecule has 0 aliphatic rings. The Morgan fingerprint density at radius 3 is 2.50 bits per heavy atom. The first-order valence-corrected chi connectivity index (χ1v) is 8.46. The van der Waals surface area contributed by atoms with Gasteiger partial charge in [-0.3, -0.25) is 4.79 Å². The SMILES string of the molecule is COC(=O)c1ccc(NC(=O)Cc2coc3ccc(C(C)C)cc23)cc1. The van der Waals surface area contributed by atoms with Gasteiger partial charge >= 0.3 is 5.97 Å². The lowest BCUT2D eigenvalue weighted by Gasteiger charge is -2.07. The lowest BCUT2D eigenvalue weighted by atomic mass is 10.00. The molecule has 0 bridgehead atoms. The molecule has 0 saturated carbocycles. The fourth-order valence-corrected chi connectivity index (χ4v) is 2.78. The van der Waals surface area contributed by atoms with Crippen LogP contribution in [0.3, 0.4) is 0 Å². The highest BCUT2D eigenvalue weighted by molar-refractivity contribution is 5.96. The molecule has 3 rings (SSSR count). The van der Waals surface area contributed by atoms with Crippen LogP contribution in [-0.2, 0) is 16.0 Å². The van der Waals surface area contributed by atoms with Crippen molar-refractivity contribution in [1.82, 2.24) is 0 Å². The van der Waals surface area contributed by atoms with Gasteiger partial charge < -0.3 is 14.5 Å². The predicted molar refractivity (Wildman–Crippen MR) is 100 cm³/mol. The number of hydrogen-bond acceptors (Lipinski definition) is 4. The van der Waals surface area contributed by atoms with Crippen molar-refractivity contribution in [1.29, 1.82) is 0 Å². The maximum Gasteiger partial charge on any atom is 0.337 e. The van der Waals surface area contributed by atoms with Crippen molar-refractivity contribution in [3.05, 3.63) is 65.4 Å². The van der Waals surface area contributed by atoms with E-state index in [-0.39, 0.29) is 12.3 Å². The van der Waals surface area contributed by atoms with Crippen molar-refractivity contribution in [2.24, 2.45) is 0 Å². The second-order valence-corrected chi connectivity index (χ2v) is 6.47. The summed E-state index contributed by atoms with van der Waals surface area (Å²) in [5.74, 6) is -0.147. The van der Waals surface area contributed by atoms with Crippen LogP contribution in [-0.4, -0.2) is 19.0 Å². The number of amides is 1. The standard InChI is InChI=1S/C21H21NO4/c1-13(2)15-6-9-19-18(10-15)16(12-26-19)11-20(23)22-17-7-4-14(5-8-17)21(24)25-3/h4-10,12-13H,11H2,1-3H3,(H,22,23). The smallest absolute Gasteiger partial charge is 0.337 e. The van der Waals surface area contributed by atoms with Crippen molar-refractivity contribution in [3.63, 3.8) is 0 Å². The molecule has 0 aliphatic heterocycles. The Morgan fingerprint density at radius 1 is 1.12 bits per heavy atom. The van der Waals surface area contributed by atoms with Crippen molar-refractivity contribution in [2.75, 3.05) is 12.4 Å². The van der Waals surface area contributed by atoms with Crippen LogP contribution in [0.2, 0.25) is 0 Å². The van der Waals surface area contributed by atoms with E-state index >= 15 is 0 Å². The van der Waals surface area contributed by atoms with Gasteiger partial charge in [0.1, 0.15) is 5.58 Å². The van der Waals surface area contributed by atoms with Crippen molar-refractivity contribution in [3.8, 4) is 0 Å². The summed E-state index contributed by atoms with van der Waals surface area (Å²) in [7, 11) is 1.33. The van der Waals surface area contributed by atoms with Crippen LogP contribution < -0.4 is 5.32 Å². The fourth-order valence-electron chi connectivity index (χ4n) is 2.78. The Hall–Kier alpha value is -3.08. The number of hydrogen-bond donors (Lipinski definition) is 1. The summed E-state index contributed by atoms with van der Waals surface area (Å²) >= 11 is 0. The van der Waals surface area contributed by atoms with E-state index < -0.39 is 5.97 Å². The first-order valence-electron chi connectivity index (χ1n) is 8.46. The Balaban J connectivity index is 1.73. The van der Waals surface area contributed by atoms with E-state index in [9.17, 15) is 9.59 Å². The third-order valence-corrected chi connectivity index (χ3v) is 4.29. The first-order chi connectivity index (χ1) is 12.5. The molecule has 5 heteroatoms. The number of ether oxygens (including phenoxy) is 1. The van der Waals surface area contributed by atoms with E-state index in [2.05, 4.69) is 30.0 Å². The molecule has 0 radical (unpaired) electrons. The van der Waals surface area contributed by atoms with E-state index in [0.717, 1.165) is 16.5 Å². The number of methoxy groups -OCH3 is 1. The van der Waals surface area contributed by atoms with Gasteiger partial charge in [-0.05, 0) is 47.9 Å². The molecule has 134 valence electrons. The van der Waals surface area contributed by atoms with Gasteiger partial charge in [0.25, 0.3) is 0 Å². The molecule has 26 heavy (non-hydrogen) atoms. The van der Waals surface area contributed by atoms with E-state index in [4.69, 9.17) is 4.42 Å². The van der Waals surface area contributed by atoms with E-state index in [1.54, 1.807) is 30.5 Å². The number of anilines is 1. The van der Waals surface area contributed by atoms with Gasteiger partial charge in [0.2, 0.25) is 5.91 Å². The summed E-state index contributed by atoms with van der Waals surface area (Å²) < 4.78 is 10.2. The lowest BCUT2D eigenvalue weighted by molar-refractivity contribution is -0.115.